The summed E-state index contributed by atoms with van der Waals surface area (Å²) in [6.07, 6.45) is 0. The molecule has 1 aromatic carbocycles. The maximum absolute atomic E-state index is 5.72. The van der Waals surface area contributed by atoms with Crippen molar-refractivity contribution in [2.24, 2.45) is 5.92 Å². The monoisotopic (exact) mass is 334 g/mol. The molecule has 0 aliphatic carbocycles. The van der Waals surface area contributed by atoms with E-state index >= 15 is 0 Å². The summed E-state index contributed by atoms with van der Waals surface area (Å²) in [6, 6.07) is 4.13. The Balaban J connectivity index is 2.70. The molecule has 0 fully saturated rings. The number of aryl methyl sites for hydroxylation is 2. The highest BCUT2D eigenvalue weighted by molar-refractivity contribution is 9.10. The van der Waals surface area contributed by atoms with Crippen molar-refractivity contribution in [2.45, 2.75) is 20.8 Å². The first kappa shape index (κ1) is 13.0. The molecule has 0 aliphatic rings. The van der Waals surface area contributed by atoms with E-state index in [-0.39, 0.29) is 0 Å². The van der Waals surface area contributed by atoms with Gasteiger partial charge in [0, 0.05) is 9.80 Å². The molecule has 3 heteroatoms. The molecule has 0 aromatic heterocycles. The molecule has 1 rings (SSSR count). The normalized spacial score (nSPS) is 12.6. The third-order valence-corrected chi connectivity index (χ3v) is 4.56. The lowest BCUT2D eigenvalue weighted by molar-refractivity contribution is 0.274. The van der Waals surface area contributed by atoms with E-state index in [2.05, 4.69) is 64.8 Å². The van der Waals surface area contributed by atoms with Gasteiger partial charge in [-0.1, -0.05) is 38.8 Å². The van der Waals surface area contributed by atoms with E-state index < -0.39 is 0 Å². The molecule has 1 atom stereocenters. The Hall–Kier alpha value is -0.0200. The van der Waals surface area contributed by atoms with E-state index in [9.17, 15) is 0 Å². The van der Waals surface area contributed by atoms with E-state index in [4.69, 9.17) is 4.74 Å². The molecule has 0 saturated heterocycles. The van der Waals surface area contributed by atoms with Crippen molar-refractivity contribution >= 4 is 31.9 Å². The number of hydrogen-bond acceptors (Lipinski definition) is 1. The fourth-order valence-corrected chi connectivity index (χ4v) is 1.69. The standard InChI is InChI=1S/C12H16Br2O/c1-8(6-13)7-15-11-4-9(2)12(14)10(3)5-11/h4-5,8H,6-7H2,1-3H3. The van der Waals surface area contributed by atoms with Crippen LogP contribution in [0.1, 0.15) is 18.1 Å². The van der Waals surface area contributed by atoms with Gasteiger partial charge in [0.2, 0.25) is 0 Å². The molecule has 0 spiro atoms. The number of alkyl halides is 1. The first-order valence-electron chi connectivity index (χ1n) is 5.00. The largest absolute Gasteiger partial charge is 0.493 e. The van der Waals surface area contributed by atoms with Gasteiger partial charge in [0.1, 0.15) is 5.75 Å². The molecule has 0 saturated carbocycles. The molecule has 0 amide bonds. The summed E-state index contributed by atoms with van der Waals surface area (Å²) in [5, 5.41) is 0.974. The Kier molecular flexibility index (Phi) is 5.13. The molecule has 1 unspecified atom stereocenters. The molecule has 15 heavy (non-hydrogen) atoms. The average molecular weight is 336 g/mol. The molecule has 0 heterocycles. The molecule has 1 nitrogen and oxygen atoms in total. The second kappa shape index (κ2) is 5.90. The molecule has 0 bridgehead atoms. The van der Waals surface area contributed by atoms with E-state index in [1.165, 1.54) is 15.6 Å². The Bertz CT molecular complexity index is 313. The van der Waals surface area contributed by atoms with Gasteiger partial charge in [-0.25, -0.2) is 0 Å². The van der Waals surface area contributed by atoms with E-state index in [1.807, 2.05) is 0 Å². The van der Waals surface area contributed by atoms with Crippen LogP contribution in [0.15, 0.2) is 16.6 Å². The van der Waals surface area contributed by atoms with Crippen molar-refractivity contribution in [1.82, 2.24) is 0 Å². The summed E-state index contributed by atoms with van der Waals surface area (Å²) in [7, 11) is 0. The quantitative estimate of drug-likeness (QED) is 0.737. The lowest BCUT2D eigenvalue weighted by Crippen LogP contribution is -2.09. The van der Waals surface area contributed by atoms with Gasteiger partial charge in [0.05, 0.1) is 6.61 Å². The third kappa shape index (κ3) is 3.80. The molecule has 0 N–H and O–H groups in total. The van der Waals surface area contributed by atoms with Gasteiger partial charge in [-0.05, 0) is 43.0 Å². The zero-order valence-electron chi connectivity index (χ0n) is 9.31. The van der Waals surface area contributed by atoms with Crippen LogP contribution in [0.4, 0.5) is 0 Å². The fraction of sp³-hybridized carbons (Fsp3) is 0.500. The zero-order chi connectivity index (χ0) is 11.4. The number of hydrogen-bond donors (Lipinski definition) is 0. The van der Waals surface area contributed by atoms with Crippen LogP contribution in [0.5, 0.6) is 5.75 Å². The first-order chi connectivity index (χ1) is 7.04. The maximum Gasteiger partial charge on any atom is 0.119 e. The highest BCUT2D eigenvalue weighted by Gasteiger charge is 2.05. The van der Waals surface area contributed by atoms with Gasteiger partial charge < -0.3 is 4.74 Å². The van der Waals surface area contributed by atoms with Crippen LogP contribution in [-0.4, -0.2) is 11.9 Å². The minimum absolute atomic E-state index is 0.536. The van der Waals surface area contributed by atoms with Crippen LogP contribution in [-0.2, 0) is 0 Å². The van der Waals surface area contributed by atoms with Crippen molar-refractivity contribution in [2.75, 3.05) is 11.9 Å². The van der Waals surface area contributed by atoms with Crippen LogP contribution in [0.25, 0.3) is 0 Å². The Morgan fingerprint density at radius 2 is 1.80 bits per heavy atom. The topological polar surface area (TPSA) is 9.23 Å². The van der Waals surface area contributed by atoms with E-state index in [1.54, 1.807) is 0 Å². The second-order valence-electron chi connectivity index (χ2n) is 3.94. The highest BCUT2D eigenvalue weighted by atomic mass is 79.9. The zero-order valence-corrected chi connectivity index (χ0v) is 12.5. The minimum atomic E-state index is 0.536. The van der Waals surface area contributed by atoms with Gasteiger partial charge in [-0.15, -0.1) is 0 Å². The van der Waals surface area contributed by atoms with Crippen LogP contribution in [0, 0.1) is 19.8 Å². The van der Waals surface area contributed by atoms with Gasteiger partial charge in [-0.3, -0.25) is 0 Å². The van der Waals surface area contributed by atoms with Gasteiger partial charge >= 0.3 is 0 Å². The number of benzene rings is 1. The third-order valence-electron chi connectivity index (χ3n) is 2.21. The van der Waals surface area contributed by atoms with E-state index in [0.717, 1.165) is 17.7 Å². The Morgan fingerprint density at radius 1 is 1.27 bits per heavy atom. The summed E-state index contributed by atoms with van der Waals surface area (Å²) < 4.78 is 6.89. The molecular weight excluding hydrogens is 320 g/mol. The van der Waals surface area contributed by atoms with Crippen molar-refractivity contribution in [3.8, 4) is 5.75 Å². The van der Waals surface area contributed by atoms with Gasteiger partial charge in [0.15, 0.2) is 0 Å². The maximum atomic E-state index is 5.72. The molecule has 84 valence electrons. The van der Waals surface area contributed by atoms with Crippen molar-refractivity contribution in [3.63, 3.8) is 0 Å². The Morgan fingerprint density at radius 3 is 2.27 bits per heavy atom. The predicted molar refractivity (Wildman–Crippen MR) is 72.1 cm³/mol. The van der Waals surface area contributed by atoms with Gasteiger partial charge in [0.25, 0.3) is 0 Å². The van der Waals surface area contributed by atoms with Crippen LogP contribution < -0.4 is 4.74 Å². The summed E-state index contributed by atoms with van der Waals surface area (Å²) in [6.45, 7) is 7.08. The van der Waals surface area contributed by atoms with Crippen LogP contribution >= 0.6 is 31.9 Å². The lowest BCUT2D eigenvalue weighted by atomic mass is 10.1. The SMILES string of the molecule is Cc1cc(OCC(C)CBr)cc(C)c1Br. The summed E-state index contributed by atoms with van der Waals surface area (Å²) in [5.74, 6) is 1.50. The smallest absolute Gasteiger partial charge is 0.119 e. The Labute approximate surface area is 108 Å². The molecule has 1 aromatic rings. The second-order valence-corrected chi connectivity index (χ2v) is 5.38. The summed E-state index contributed by atoms with van der Waals surface area (Å²) in [4.78, 5) is 0. The predicted octanol–water partition coefficient (Wildman–Crippen LogP) is 4.48. The van der Waals surface area contributed by atoms with Crippen molar-refractivity contribution < 1.29 is 4.74 Å². The lowest BCUT2D eigenvalue weighted by Gasteiger charge is -2.12. The average Bonchev–Trinajstić information content (AvgIpc) is 2.22. The van der Waals surface area contributed by atoms with E-state index in [0.29, 0.717) is 5.92 Å². The summed E-state index contributed by atoms with van der Waals surface area (Å²) >= 11 is 6.99. The highest BCUT2D eigenvalue weighted by Crippen LogP contribution is 2.26. The van der Waals surface area contributed by atoms with Crippen LogP contribution in [0.2, 0.25) is 0 Å². The minimum Gasteiger partial charge on any atom is -0.493 e. The fourth-order valence-electron chi connectivity index (χ4n) is 1.27. The van der Waals surface area contributed by atoms with Crippen molar-refractivity contribution in [1.29, 1.82) is 0 Å². The summed E-state index contributed by atoms with van der Waals surface area (Å²) in [5.41, 5.74) is 2.44. The molecule has 0 radical (unpaired) electrons. The first-order valence-corrected chi connectivity index (χ1v) is 6.91. The van der Waals surface area contributed by atoms with Crippen LogP contribution in [0.3, 0.4) is 0 Å². The number of halogens is 2. The molecule has 0 aliphatic heterocycles. The number of rotatable bonds is 4. The number of ether oxygens (including phenoxy) is 1. The molecular formula is C12H16Br2O. The van der Waals surface area contributed by atoms with Gasteiger partial charge in [-0.2, -0.15) is 0 Å². The van der Waals surface area contributed by atoms with Crippen molar-refractivity contribution in [3.05, 3.63) is 27.7 Å².